The lowest BCUT2D eigenvalue weighted by molar-refractivity contribution is 0.0126. The van der Waals surface area contributed by atoms with Gasteiger partial charge >= 0.3 is 0 Å². The highest BCUT2D eigenvalue weighted by atomic mass is 16.5. The van der Waals surface area contributed by atoms with Gasteiger partial charge in [0.25, 0.3) is 0 Å². The van der Waals surface area contributed by atoms with E-state index in [2.05, 4.69) is 42.8 Å². The van der Waals surface area contributed by atoms with Crippen LogP contribution in [0.3, 0.4) is 0 Å². The van der Waals surface area contributed by atoms with Crippen LogP contribution in [0.1, 0.15) is 34.1 Å². The first kappa shape index (κ1) is 23.8. The molecule has 0 aromatic rings. The van der Waals surface area contributed by atoms with Gasteiger partial charge in [0.1, 0.15) is 0 Å². The van der Waals surface area contributed by atoms with Gasteiger partial charge in [-0.2, -0.15) is 0 Å². The zero-order valence-corrected chi connectivity index (χ0v) is 17.7. The van der Waals surface area contributed by atoms with Crippen LogP contribution >= 0.6 is 0 Å². The second-order valence-corrected chi connectivity index (χ2v) is 7.76. The fourth-order valence-corrected chi connectivity index (χ4v) is 2.97. The molecule has 1 saturated heterocycles. The lowest BCUT2D eigenvalue weighted by atomic mass is 10.2. The second-order valence-electron chi connectivity index (χ2n) is 7.76. The number of nitrogens with one attached hydrogen (secondary N) is 1. The summed E-state index contributed by atoms with van der Waals surface area (Å²) in [4.78, 5) is 5.10. The zero-order chi connectivity index (χ0) is 19.0. The molecule has 0 aliphatic carbocycles. The summed E-state index contributed by atoms with van der Waals surface area (Å²) in [6.45, 7) is 21.1. The van der Waals surface area contributed by atoms with Crippen LogP contribution in [0.15, 0.2) is 0 Å². The molecule has 1 N–H and O–H groups in total. The summed E-state index contributed by atoms with van der Waals surface area (Å²) >= 11 is 0. The lowest BCUT2D eigenvalue weighted by Crippen LogP contribution is -2.49. The van der Waals surface area contributed by atoms with Crippen molar-refractivity contribution in [1.82, 2.24) is 15.1 Å². The standard InChI is InChI=1S/C20H43N3O3/c1-19(2)18-21-6-13-25-15-17-26-16-14-24-12-5-7-22-8-10-23(11-9-22)20(3)4/h19-21H,5-18H2,1-4H3. The molecule has 1 aliphatic heterocycles. The van der Waals surface area contributed by atoms with E-state index in [1.807, 2.05) is 0 Å². The molecule has 1 fully saturated rings. The van der Waals surface area contributed by atoms with Crippen molar-refractivity contribution in [2.45, 2.75) is 40.2 Å². The van der Waals surface area contributed by atoms with E-state index in [4.69, 9.17) is 14.2 Å². The molecule has 156 valence electrons. The molecule has 6 nitrogen and oxygen atoms in total. The number of piperazine rings is 1. The van der Waals surface area contributed by atoms with E-state index in [0.29, 0.717) is 38.4 Å². The molecule has 1 heterocycles. The Morgan fingerprint density at radius 3 is 1.92 bits per heavy atom. The van der Waals surface area contributed by atoms with Crippen molar-refractivity contribution in [3.8, 4) is 0 Å². The molecule has 0 amide bonds. The van der Waals surface area contributed by atoms with Crippen LogP contribution in [-0.2, 0) is 14.2 Å². The number of nitrogens with zero attached hydrogens (tertiary/aromatic N) is 2. The van der Waals surface area contributed by atoms with Gasteiger partial charge in [-0.05, 0) is 32.7 Å². The summed E-state index contributed by atoms with van der Waals surface area (Å²) in [5, 5.41) is 3.35. The monoisotopic (exact) mass is 373 g/mol. The summed E-state index contributed by atoms with van der Waals surface area (Å²) in [6, 6.07) is 0.674. The van der Waals surface area contributed by atoms with E-state index in [1.54, 1.807) is 0 Å². The molecule has 0 atom stereocenters. The van der Waals surface area contributed by atoms with Crippen molar-refractivity contribution in [1.29, 1.82) is 0 Å². The minimum Gasteiger partial charge on any atom is -0.379 e. The van der Waals surface area contributed by atoms with Gasteiger partial charge in [-0.15, -0.1) is 0 Å². The number of ether oxygens (including phenoxy) is 3. The SMILES string of the molecule is CC(C)CNCCOCCOCCOCCCN1CCN(C(C)C)CC1. The molecular formula is C20H43N3O3. The average molecular weight is 374 g/mol. The van der Waals surface area contributed by atoms with Crippen molar-refractivity contribution >= 4 is 0 Å². The topological polar surface area (TPSA) is 46.2 Å². The van der Waals surface area contributed by atoms with Gasteiger partial charge in [0.2, 0.25) is 0 Å². The van der Waals surface area contributed by atoms with E-state index in [0.717, 1.165) is 39.3 Å². The summed E-state index contributed by atoms with van der Waals surface area (Å²) in [5.41, 5.74) is 0. The van der Waals surface area contributed by atoms with Gasteiger partial charge < -0.3 is 24.4 Å². The van der Waals surface area contributed by atoms with Gasteiger partial charge in [-0.25, -0.2) is 0 Å². The molecule has 1 rings (SSSR count). The third kappa shape index (κ3) is 13.0. The molecule has 0 aromatic carbocycles. The van der Waals surface area contributed by atoms with E-state index in [1.165, 1.54) is 26.2 Å². The fourth-order valence-electron chi connectivity index (χ4n) is 2.97. The molecule has 0 saturated carbocycles. The van der Waals surface area contributed by atoms with Crippen molar-refractivity contribution in [2.24, 2.45) is 5.92 Å². The lowest BCUT2D eigenvalue weighted by Gasteiger charge is -2.36. The van der Waals surface area contributed by atoms with Gasteiger partial charge in [0.05, 0.1) is 33.0 Å². The van der Waals surface area contributed by atoms with Crippen molar-refractivity contribution < 1.29 is 14.2 Å². The van der Waals surface area contributed by atoms with Crippen LogP contribution in [0.5, 0.6) is 0 Å². The number of rotatable bonds is 16. The van der Waals surface area contributed by atoms with E-state index in [9.17, 15) is 0 Å². The third-order valence-corrected chi connectivity index (χ3v) is 4.62. The quantitative estimate of drug-likeness (QED) is 0.416. The summed E-state index contributed by atoms with van der Waals surface area (Å²) in [7, 11) is 0. The van der Waals surface area contributed by atoms with Crippen LogP contribution in [0, 0.1) is 5.92 Å². The third-order valence-electron chi connectivity index (χ3n) is 4.62. The Balaban J connectivity index is 1.75. The molecule has 1 aliphatic rings. The average Bonchev–Trinajstić information content (AvgIpc) is 2.62. The minimum absolute atomic E-state index is 0.646. The maximum atomic E-state index is 5.65. The molecule has 0 radical (unpaired) electrons. The highest BCUT2D eigenvalue weighted by molar-refractivity contribution is 4.73. The Hall–Kier alpha value is -0.240. The Morgan fingerprint density at radius 2 is 1.35 bits per heavy atom. The van der Waals surface area contributed by atoms with Gasteiger partial charge in [0.15, 0.2) is 0 Å². The molecule has 0 unspecified atom stereocenters. The predicted octanol–water partition coefficient (Wildman–Crippen LogP) is 1.70. The highest BCUT2D eigenvalue weighted by Crippen LogP contribution is 2.06. The maximum absolute atomic E-state index is 5.65. The fraction of sp³-hybridized carbons (Fsp3) is 1.00. The van der Waals surface area contributed by atoms with Crippen LogP contribution in [0.4, 0.5) is 0 Å². The van der Waals surface area contributed by atoms with Crippen LogP contribution in [-0.4, -0.2) is 101 Å². The molecule has 0 spiro atoms. The summed E-state index contributed by atoms with van der Waals surface area (Å²) in [6.07, 6.45) is 1.11. The molecule has 0 bridgehead atoms. The van der Waals surface area contributed by atoms with E-state index >= 15 is 0 Å². The minimum atomic E-state index is 0.646. The first-order chi connectivity index (χ1) is 12.6. The van der Waals surface area contributed by atoms with Gasteiger partial charge in [-0.3, -0.25) is 4.90 Å². The maximum Gasteiger partial charge on any atom is 0.0701 e. The summed E-state index contributed by atoms with van der Waals surface area (Å²) < 4.78 is 16.7. The predicted molar refractivity (Wildman–Crippen MR) is 108 cm³/mol. The van der Waals surface area contributed by atoms with Crippen molar-refractivity contribution in [3.05, 3.63) is 0 Å². The Labute approximate surface area is 161 Å². The largest absolute Gasteiger partial charge is 0.379 e. The smallest absolute Gasteiger partial charge is 0.0701 e. The Bertz CT molecular complexity index is 309. The van der Waals surface area contributed by atoms with Crippen LogP contribution < -0.4 is 5.32 Å². The van der Waals surface area contributed by atoms with E-state index in [-0.39, 0.29) is 0 Å². The van der Waals surface area contributed by atoms with Gasteiger partial charge in [-0.1, -0.05) is 13.8 Å². The highest BCUT2D eigenvalue weighted by Gasteiger charge is 2.17. The molecule has 26 heavy (non-hydrogen) atoms. The van der Waals surface area contributed by atoms with Crippen LogP contribution in [0.2, 0.25) is 0 Å². The van der Waals surface area contributed by atoms with Crippen molar-refractivity contribution in [3.63, 3.8) is 0 Å². The molecule has 0 aromatic heterocycles. The normalized spacial score (nSPS) is 16.8. The Kier molecular flexibility index (Phi) is 14.4. The zero-order valence-electron chi connectivity index (χ0n) is 17.7. The first-order valence-corrected chi connectivity index (χ1v) is 10.5. The van der Waals surface area contributed by atoms with Crippen molar-refractivity contribution in [2.75, 3.05) is 85.5 Å². The number of hydrogen-bond donors (Lipinski definition) is 1. The first-order valence-electron chi connectivity index (χ1n) is 10.5. The molecular weight excluding hydrogens is 330 g/mol. The number of hydrogen-bond acceptors (Lipinski definition) is 6. The summed E-state index contributed by atoms with van der Waals surface area (Å²) in [5.74, 6) is 0.688. The van der Waals surface area contributed by atoms with Crippen LogP contribution in [0.25, 0.3) is 0 Å². The Morgan fingerprint density at radius 1 is 0.769 bits per heavy atom. The van der Waals surface area contributed by atoms with E-state index < -0.39 is 0 Å². The van der Waals surface area contributed by atoms with Gasteiger partial charge in [0, 0.05) is 51.9 Å². The second kappa shape index (κ2) is 15.8. The molecule has 6 heteroatoms.